The average Bonchev–Trinajstić information content (AvgIpc) is 3.13. The number of amides is 4. The van der Waals surface area contributed by atoms with Gasteiger partial charge < -0.3 is 15.4 Å². The van der Waals surface area contributed by atoms with Gasteiger partial charge in [0.1, 0.15) is 12.3 Å². The van der Waals surface area contributed by atoms with Gasteiger partial charge in [-0.05, 0) is 78.4 Å². The lowest BCUT2D eigenvalue weighted by Gasteiger charge is -2.12. The number of nitrogens with zero attached hydrogens (tertiary/aromatic N) is 1. The summed E-state index contributed by atoms with van der Waals surface area (Å²) in [4.78, 5) is 50.6. The Morgan fingerprint density at radius 3 is 2.35 bits per heavy atom. The van der Waals surface area contributed by atoms with Crippen molar-refractivity contribution in [1.29, 1.82) is 0 Å². The molecule has 0 unspecified atom stereocenters. The molecule has 1 heterocycles. The normalized spacial score (nSPS) is 14.1. The summed E-state index contributed by atoms with van der Waals surface area (Å²) < 4.78 is 5.54. The molecule has 4 rings (SSSR count). The molecular weight excluding hydrogens is 514 g/mol. The minimum absolute atomic E-state index is 0.162. The number of imide groups is 1. The van der Waals surface area contributed by atoms with Crippen molar-refractivity contribution >= 4 is 63.8 Å². The summed E-state index contributed by atoms with van der Waals surface area (Å²) in [6, 6.07) is 20.7. The van der Waals surface area contributed by atoms with Crippen LogP contribution in [-0.4, -0.2) is 41.0 Å². The quantitative estimate of drug-likeness (QED) is 0.377. The molecule has 1 aliphatic rings. The van der Waals surface area contributed by atoms with Crippen molar-refractivity contribution in [3.63, 3.8) is 0 Å². The highest BCUT2D eigenvalue weighted by molar-refractivity contribution is 8.18. The number of anilines is 2. The monoisotopic (exact) mass is 535 g/mol. The lowest BCUT2D eigenvalue weighted by atomic mass is 10.2. The zero-order valence-corrected chi connectivity index (χ0v) is 21.3. The SMILES string of the molecule is Cc1ccccc1NC(=O)COc1ccc(/C=C2\SC(=O)N(CC(=O)Nc3ccc(Cl)cc3)C2=O)cc1. The van der Waals surface area contributed by atoms with Gasteiger partial charge in [0, 0.05) is 16.4 Å². The van der Waals surface area contributed by atoms with Crippen molar-refractivity contribution in [3.05, 3.63) is 93.9 Å². The molecular formula is C27H22ClN3O5S. The van der Waals surface area contributed by atoms with Crippen molar-refractivity contribution in [3.8, 4) is 5.75 Å². The van der Waals surface area contributed by atoms with Gasteiger partial charge in [-0.2, -0.15) is 0 Å². The molecule has 8 nitrogen and oxygen atoms in total. The van der Waals surface area contributed by atoms with Crippen LogP contribution in [0, 0.1) is 6.92 Å². The molecule has 188 valence electrons. The zero-order valence-electron chi connectivity index (χ0n) is 19.7. The molecule has 4 amide bonds. The van der Waals surface area contributed by atoms with Gasteiger partial charge in [-0.15, -0.1) is 0 Å². The molecule has 0 atom stereocenters. The smallest absolute Gasteiger partial charge is 0.294 e. The third kappa shape index (κ3) is 6.99. The number of hydrogen-bond donors (Lipinski definition) is 2. The van der Waals surface area contributed by atoms with Crippen LogP contribution in [0.25, 0.3) is 6.08 Å². The van der Waals surface area contributed by atoms with Crippen LogP contribution in [0.3, 0.4) is 0 Å². The molecule has 0 aliphatic carbocycles. The third-order valence-electron chi connectivity index (χ3n) is 5.27. The molecule has 0 radical (unpaired) electrons. The number of carbonyl (C=O) groups excluding carboxylic acids is 4. The summed E-state index contributed by atoms with van der Waals surface area (Å²) in [5.41, 5.74) is 2.84. The number of carbonyl (C=O) groups is 4. The zero-order chi connectivity index (χ0) is 26.4. The number of nitrogens with one attached hydrogen (secondary N) is 2. The van der Waals surface area contributed by atoms with Crippen molar-refractivity contribution in [2.45, 2.75) is 6.92 Å². The van der Waals surface area contributed by atoms with Crippen LogP contribution >= 0.6 is 23.4 Å². The minimum atomic E-state index is -0.547. The number of hydrogen-bond acceptors (Lipinski definition) is 6. The molecule has 3 aromatic carbocycles. The highest BCUT2D eigenvalue weighted by Crippen LogP contribution is 2.32. The van der Waals surface area contributed by atoms with Crippen LogP contribution in [0.2, 0.25) is 5.02 Å². The maximum atomic E-state index is 12.7. The van der Waals surface area contributed by atoms with Gasteiger partial charge in [0.2, 0.25) is 5.91 Å². The van der Waals surface area contributed by atoms with Crippen molar-refractivity contribution in [2.24, 2.45) is 0 Å². The summed E-state index contributed by atoms with van der Waals surface area (Å²) in [5, 5.41) is 5.43. The van der Waals surface area contributed by atoms with Crippen molar-refractivity contribution in [1.82, 2.24) is 4.90 Å². The van der Waals surface area contributed by atoms with E-state index in [1.54, 1.807) is 54.6 Å². The fourth-order valence-electron chi connectivity index (χ4n) is 3.37. The molecule has 0 aromatic heterocycles. The summed E-state index contributed by atoms with van der Waals surface area (Å²) in [6.45, 7) is 1.34. The second-order valence-corrected chi connectivity index (χ2v) is 9.47. The highest BCUT2D eigenvalue weighted by Gasteiger charge is 2.36. The fraction of sp³-hybridized carbons (Fsp3) is 0.111. The summed E-state index contributed by atoms with van der Waals surface area (Å²) in [7, 11) is 0. The maximum absolute atomic E-state index is 12.7. The Morgan fingerprint density at radius 2 is 1.65 bits per heavy atom. The second-order valence-electron chi connectivity index (χ2n) is 8.04. The summed E-state index contributed by atoms with van der Waals surface area (Å²) in [6.07, 6.45) is 1.57. The van der Waals surface area contributed by atoms with Crippen molar-refractivity contribution < 1.29 is 23.9 Å². The van der Waals surface area contributed by atoms with E-state index in [9.17, 15) is 19.2 Å². The number of para-hydroxylation sites is 1. The molecule has 1 aliphatic heterocycles. The maximum Gasteiger partial charge on any atom is 0.294 e. The van der Waals surface area contributed by atoms with Crippen LogP contribution in [-0.2, 0) is 14.4 Å². The predicted molar refractivity (Wildman–Crippen MR) is 145 cm³/mol. The van der Waals surface area contributed by atoms with Crippen LogP contribution in [0.1, 0.15) is 11.1 Å². The summed E-state index contributed by atoms with van der Waals surface area (Å²) >= 11 is 6.60. The van der Waals surface area contributed by atoms with Gasteiger partial charge in [-0.3, -0.25) is 24.1 Å². The molecule has 2 N–H and O–H groups in total. The number of thioether (sulfide) groups is 1. The van der Waals surface area contributed by atoms with E-state index in [2.05, 4.69) is 10.6 Å². The number of benzene rings is 3. The van der Waals surface area contributed by atoms with E-state index in [1.165, 1.54) is 0 Å². The Kier molecular flexibility index (Phi) is 8.27. The number of halogens is 1. The predicted octanol–water partition coefficient (Wildman–Crippen LogP) is 5.34. The van der Waals surface area contributed by atoms with E-state index < -0.39 is 23.6 Å². The van der Waals surface area contributed by atoms with Gasteiger partial charge in [0.05, 0.1) is 4.91 Å². The van der Waals surface area contributed by atoms with Gasteiger partial charge in [-0.25, -0.2) is 0 Å². The first-order chi connectivity index (χ1) is 17.8. The van der Waals surface area contributed by atoms with Gasteiger partial charge >= 0.3 is 0 Å². The van der Waals surface area contributed by atoms with Gasteiger partial charge in [0.25, 0.3) is 17.1 Å². The minimum Gasteiger partial charge on any atom is -0.484 e. The van der Waals surface area contributed by atoms with Gasteiger partial charge in [-0.1, -0.05) is 41.9 Å². The first-order valence-electron chi connectivity index (χ1n) is 11.2. The molecule has 0 saturated carbocycles. The van der Waals surface area contributed by atoms with Crippen LogP contribution in [0.15, 0.2) is 77.7 Å². The average molecular weight is 536 g/mol. The van der Waals surface area contributed by atoms with E-state index in [0.717, 1.165) is 27.9 Å². The first kappa shape index (κ1) is 26.0. The Hall–Kier alpha value is -4.08. The molecule has 0 spiro atoms. The van der Waals surface area contributed by atoms with E-state index in [0.29, 0.717) is 22.0 Å². The van der Waals surface area contributed by atoms with Crippen LogP contribution < -0.4 is 15.4 Å². The molecule has 1 saturated heterocycles. The molecule has 0 bridgehead atoms. The lowest BCUT2D eigenvalue weighted by molar-refractivity contribution is -0.127. The Morgan fingerprint density at radius 1 is 0.946 bits per heavy atom. The Bertz CT molecular complexity index is 1370. The van der Waals surface area contributed by atoms with Crippen LogP contribution in [0.5, 0.6) is 5.75 Å². The molecule has 10 heteroatoms. The number of ether oxygens (including phenoxy) is 1. The second kappa shape index (κ2) is 11.8. The number of aryl methyl sites for hydroxylation is 1. The topological polar surface area (TPSA) is 105 Å². The number of rotatable bonds is 8. The lowest BCUT2D eigenvalue weighted by Crippen LogP contribution is -2.36. The van der Waals surface area contributed by atoms with E-state index in [4.69, 9.17) is 16.3 Å². The largest absolute Gasteiger partial charge is 0.484 e. The highest BCUT2D eigenvalue weighted by atomic mass is 35.5. The Balaban J connectivity index is 1.31. The molecule has 37 heavy (non-hydrogen) atoms. The third-order valence-corrected chi connectivity index (χ3v) is 6.43. The fourth-order valence-corrected chi connectivity index (χ4v) is 4.34. The van der Waals surface area contributed by atoms with Crippen LogP contribution in [0.4, 0.5) is 16.2 Å². The van der Waals surface area contributed by atoms with Crippen molar-refractivity contribution in [2.75, 3.05) is 23.8 Å². The summed E-state index contributed by atoms with van der Waals surface area (Å²) in [5.74, 6) is -0.857. The first-order valence-corrected chi connectivity index (χ1v) is 12.4. The van der Waals surface area contributed by atoms with E-state index >= 15 is 0 Å². The molecule has 1 fully saturated rings. The van der Waals surface area contributed by atoms with E-state index in [1.807, 2.05) is 31.2 Å². The standard InChI is InChI=1S/C27H22ClN3O5S/c1-17-4-2-3-5-22(17)30-25(33)16-36-21-12-6-18(7-13-21)14-23-26(34)31(27(35)37-23)15-24(32)29-20-10-8-19(28)9-11-20/h2-14H,15-16H2,1H3,(H,29,32)(H,30,33)/b23-14-. The molecule has 3 aromatic rings. The van der Waals surface area contributed by atoms with Gasteiger partial charge in [0.15, 0.2) is 6.61 Å². The van der Waals surface area contributed by atoms with E-state index in [-0.39, 0.29) is 17.4 Å². The Labute approximate surface area is 222 Å².